The molecule has 35 heavy (non-hydrogen) atoms. The molecule has 0 saturated carbocycles. The Morgan fingerprint density at radius 3 is 2.46 bits per heavy atom. The Morgan fingerprint density at radius 2 is 1.86 bits per heavy atom. The summed E-state index contributed by atoms with van der Waals surface area (Å²) in [7, 11) is 1.43. The van der Waals surface area contributed by atoms with Gasteiger partial charge in [-0.05, 0) is 47.7 Å². The second-order valence-corrected chi connectivity index (χ2v) is 9.27. The van der Waals surface area contributed by atoms with Gasteiger partial charge in [-0.15, -0.1) is 5.10 Å². The van der Waals surface area contributed by atoms with Crippen molar-refractivity contribution in [3.05, 3.63) is 70.5 Å². The van der Waals surface area contributed by atoms with Gasteiger partial charge < -0.3 is 14.6 Å². The number of carbonyl (C=O) groups is 2. The number of aromatic nitrogens is 3. The molecule has 0 radical (unpaired) electrons. The first-order valence-corrected chi connectivity index (χ1v) is 11.1. The molecule has 3 aromatic rings. The number of aryl methyl sites for hydroxylation is 1. The van der Waals surface area contributed by atoms with E-state index < -0.39 is 18.2 Å². The Kier molecular flexibility index (Phi) is 6.70. The van der Waals surface area contributed by atoms with Gasteiger partial charge in [0.25, 0.3) is 5.91 Å². The van der Waals surface area contributed by atoms with Gasteiger partial charge in [0.1, 0.15) is 0 Å². The summed E-state index contributed by atoms with van der Waals surface area (Å²) in [6, 6.07) is 10.8. The Balaban J connectivity index is 1.73. The van der Waals surface area contributed by atoms with Crippen LogP contribution in [0, 0.1) is 6.92 Å². The smallest absolute Gasteiger partial charge is 0.358 e. The first-order valence-electron chi connectivity index (χ1n) is 11.1. The second kappa shape index (κ2) is 9.57. The van der Waals surface area contributed by atoms with Crippen LogP contribution in [0.25, 0.3) is 5.69 Å². The van der Waals surface area contributed by atoms with Gasteiger partial charge in [0.2, 0.25) is 0 Å². The molecule has 10 heteroatoms. The molecule has 1 fully saturated rings. The minimum absolute atomic E-state index is 0.192. The first kappa shape index (κ1) is 24.5. The number of aromatic carboxylic acids is 1. The fourth-order valence-corrected chi connectivity index (χ4v) is 3.76. The van der Waals surface area contributed by atoms with Crippen LogP contribution in [0.5, 0.6) is 0 Å². The van der Waals surface area contributed by atoms with Crippen molar-refractivity contribution in [3.63, 3.8) is 0 Å². The summed E-state index contributed by atoms with van der Waals surface area (Å²) in [5.41, 5.74) is 3.59. The molecule has 0 atom stereocenters. The van der Waals surface area contributed by atoms with Gasteiger partial charge in [0.15, 0.2) is 12.0 Å². The zero-order valence-corrected chi connectivity index (χ0v) is 20.3. The predicted octanol–water partition coefficient (Wildman–Crippen LogP) is 3.83. The highest BCUT2D eigenvalue weighted by Crippen LogP contribution is 2.34. The van der Waals surface area contributed by atoms with Crippen molar-refractivity contribution in [3.8, 4) is 5.69 Å². The van der Waals surface area contributed by atoms with E-state index in [-0.39, 0.29) is 11.1 Å². The maximum atomic E-state index is 13.6. The number of benzene rings is 2. The van der Waals surface area contributed by atoms with E-state index in [9.17, 15) is 9.59 Å². The number of rotatable bonds is 6. The summed E-state index contributed by atoms with van der Waals surface area (Å²) < 4.78 is 12.7. The van der Waals surface area contributed by atoms with E-state index in [1.165, 1.54) is 23.1 Å². The number of carboxylic acids is 1. The number of carboxylic acid groups (broad SMARTS) is 1. The average molecular weight is 481 g/mol. The SMILES string of the molecule is CON(C(=O)c1ccc(C)c(-n2cc(C(=O)O)nn2)c1)c1cc(C2OCCO2)cc(C(C)(C)C)c1. The number of hydrogen-bond donors (Lipinski definition) is 1. The summed E-state index contributed by atoms with van der Waals surface area (Å²) in [5.74, 6) is -1.59. The molecule has 1 amide bonds. The quantitative estimate of drug-likeness (QED) is 0.529. The summed E-state index contributed by atoms with van der Waals surface area (Å²) in [6.07, 6.45) is 0.792. The number of hydroxylamine groups is 1. The number of ether oxygens (including phenoxy) is 2. The monoisotopic (exact) mass is 480 g/mol. The fourth-order valence-electron chi connectivity index (χ4n) is 3.76. The van der Waals surface area contributed by atoms with Crippen molar-refractivity contribution in [2.45, 2.75) is 39.4 Å². The highest BCUT2D eigenvalue weighted by Gasteiger charge is 2.26. The lowest BCUT2D eigenvalue weighted by Crippen LogP contribution is -2.30. The van der Waals surface area contributed by atoms with Crippen molar-refractivity contribution < 1.29 is 29.0 Å². The number of hydrogen-bond acceptors (Lipinski definition) is 7. The van der Waals surface area contributed by atoms with Crippen molar-refractivity contribution in [1.29, 1.82) is 0 Å². The van der Waals surface area contributed by atoms with Gasteiger partial charge in [-0.3, -0.25) is 9.63 Å². The number of carbonyl (C=O) groups excluding carboxylic acids is 1. The normalized spacial score (nSPS) is 14.3. The molecule has 0 bridgehead atoms. The van der Waals surface area contributed by atoms with Crippen molar-refractivity contribution in [2.24, 2.45) is 0 Å². The lowest BCUT2D eigenvalue weighted by atomic mass is 9.85. The average Bonchev–Trinajstić information content (AvgIpc) is 3.52. The molecule has 1 saturated heterocycles. The van der Waals surface area contributed by atoms with E-state index in [0.717, 1.165) is 16.7 Å². The van der Waals surface area contributed by atoms with Gasteiger partial charge in [-0.1, -0.05) is 38.1 Å². The molecule has 0 unspecified atom stereocenters. The van der Waals surface area contributed by atoms with E-state index in [1.54, 1.807) is 18.2 Å². The van der Waals surface area contributed by atoms with Gasteiger partial charge in [0.05, 0.1) is 37.9 Å². The summed E-state index contributed by atoms with van der Waals surface area (Å²) in [4.78, 5) is 30.3. The third-order valence-electron chi connectivity index (χ3n) is 5.72. The molecule has 1 aliphatic rings. The number of nitrogens with zero attached hydrogens (tertiary/aromatic N) is 4. The largest absolute Gasteiger partial charge is 0.476 e. The maximum absolute atomic E-state index is 13.6. The van der Waals surface area contributed by atoms with E-state index >= 15 is 0 Å². The molecule has 1 aliphatic heterocycles. The molecule has 2 heterocycles. The second-order valence-electron chi connectivity index (χ2n) is 9.27. The zero-order chi connectivity index (χ0) is 25.3. The van der Waals surface area contributed by atoms with Crippen LogP contribution in [0.3, 0.4) is 0 Å². The van der Waals surface area contributed by atoms with Crippen LogP contribution >= 0.6 is 0 Å². The maximum Gasteiger partial charge on any atom is 0.358 e. The standard InChI is InChI=1S/C25H28N4O6/c1-15-6-7-16(12-21(15)28-14-20(23(31)32)26-27-28)22(30)29(33-5)19-11-17(24-34-8-9-35-24)10-18(13-19)25(2,3)4/h6-7,10-14,24H,8-9H2,1-5H3,(H,31,32). The highest BCUT2D eigenvalue weighted by atomic mass is 16.7. The Morgan fingerprint density at radius 1 is 1.14 bits per heavy atom. The summed E-state index contributed by atoms with van der Waals surface area (Å²) in [6.45, 7) is 9.10. The zero-order valence-electron chi connectivity index (χ0n) is 20.3. The third-order valence-corrected chi connectivity index (χ3v) is 5.72. The van der Waals surface area contributed by atoms with Crippen molar-refractivity contribution >= 4 is 17.6 Å². The molecule has 1 aromatic heterocycles. The Bertz CT molecular complexity index is 1260. The van der Waals surface area contributed by atoms with Crippen LogP contribution in [0.1, 0.15) is 64.6 Å². The van der Waals surface area contributed by atoms with Gasteiger partial charge in [-0.25, -0.2) is 9.48 Å². The van der Waals surface area contributed by atoms with Crippen molar-refractivity contribution in [2.75, 3.05) is 25.4 Å². The Labute approximate surface area is 203 Å². The predicted molar refractivity (Wildman–Crippen MR) is 127 cm³/mol. The molecule has 184 valence electrons. The molecule has 0 aliphatic carbocycles. The van der Waals surface area contributed by atoms with E-state index in [0.29, 0.717) is 30.2 Å². The lowest BCUT2D eigenvalue weighted by Gasteiger charge is -2.26. The van der Waals surface area contributed by atoms with Crippen molar-refractivity contribution in [1.82, 2.24) is 15.0 Å². The van der Waals surface area contributed by atoms with Gasteiger partial charge >= 0.3 is 5.97 Å². The lowest BCUT2D eigenvalue weighted by molar-refractivity contribution is -0.0442. The van der Waals surface area contributed by atoms with E-state index in [1.807, 2.05) is 25.1 Å². The number of amides is 1. The van der Waals surface area contributed by atoms with E-state index in [2.05, 4.69) is 31.1 Å². The van der Waals surface area contributed by atoms with Gasteiger partial charge in [0, 0.05) is 11.1 Å². The van der Waals surface area contributed by atoms with Crippen LogP contribution in [0.2, 0.25) is 0 Å². The molecule has 1 N–H and O–H groups in total. The minimum Gasteiger partial charge on any atom is -0.476 e. The molecular formula is C25H28N4O6. The molecule has 4 rings (SSSR count). The molecule has 0 spiro atoms. The van der Waals surface area contributed by atoms with Crippen LogP contribution in [0.4, 0.5) is 5.69 Å². The first-order chi connectivity index (χ1) is 16.6. The van der Waals surface area contributed by atoms with Crippen LogP contribution in [0.15, 0.2) is 42.6 Å². The third kappa shape index (κ3) is 5.09. The summed E-state index contributed by atoms with van der Waals surface area (Å²) in [5, 5.41) is 17.9. The molecule has 2 aromatic carbocycles. The molecule has 10 nitrogen and oxygen atoms in total. The van der Waals surface area contributed by atoms with Gasteiger partial charge in [-0.2, -0.15) is 5.06 Å². The van der Waals surface area contributed by atoms with Crippen LogP contribution in [-0.2, 0) is 19.7 Å². The van der Waals surface area contributed by atoms with Crippen LogP contribution in [-0.4, -0.2) is 52.3 Å². The van der Waals surface area contributed by atoms with Crippen LogP contribution < -0.4 is 5.06 Å². The Hall–Kier alpha value is -3.60. The number of anilines is 1. The summed E-state index contributed by atoms with van der Waals surface area (Å²) >= 11 is 0. The molecular weight excluding hydrogens is 452 g/mol. The minimum atomic E-state index is -1.18. The fraction of sp³-hybridized carbons (Fsp3) is 0.360. The topological polar surface area (TPSA) is 116 Å². The van der Waals surface area contributed by atoms with E-state index in [4.69, 9.17) is 19.4 Å². The highest BCUT2D eigenvalue weighted by molar-refractivity contribution is 6.05.